The molecule has 108 valence electrons. The van der Waals surface area contributed by atoms with Gasteiger partial charge in [-0.15, -0.1) is 0 Å². The van der Waals surface area contributed by atoms with Crippen LogP contribution in [0.15, 0.2) is 35.0 Å². The highest BCUT2D eigenvalue weighted by molar-refractivity contribution is 5.70. The average molecular weight is 272 g/mol. The van der Waals surface area contributed by atoms with Gasteiger partial charge in [0.1, 0.15) is 0 Å². The van der Waals surface area contributed by atoms with E-state index in [2.05, 4.69) is 43.2 Å². The van der Waals surface area contributed by atoms with Crippen LogP contribution in [0.4, 0.5) is 0 Å². The molecule has 0 aliphatic carbocycles. The lowest BCUT2D eigenvalue weighted by Crippen LogP contribution is -2.09. The summed E-state index contributed by atoms with van der Waals surface area (Å²) in [7, 11) is 0. The van der Waals surface area contributed by atoms with Crippen molar-refractivity contribution in [3.63, 3.8) is 0 Å². The smallest absolute Gasteiger partial charge is 0.207 e. The molecule has 0 aliphatic rings. The summed E-state index contributed by atoms with van der Waals surface area (Å²) in [6.45, 7) is 9.02. The minimum Gasteiger partial charge on any atom is -0.355 e. The molecule has 1 aromatic carbocycles. The van der Waals surface area contributed by atoms with E-state index >= 15 is 0 Å². The molecule has 3 nitrogen and oxygen atoms in total. The van der Waals surface area contributed by atoms with E-state index in [0.717, 1.165) is 17.7 Å². The standard InChI is InChI=1S/C17H24N2O/c1-5-13(2)10-19-15(4)14(3)17-8-6-16(7-9-17)11-18-12-20/h6-10,12-13H,5,11H2,1-4H3,(H,18,20)/b15-14+,19-10?. The number of hydrogen-bond donors (Lipinski definition) is 1. The van der Waals surface area contributed by atoms with E-state index in [0.29, 0.717) is 18.9 Å². The summed E-state index contributed by atoms with van der Waals surface area (Å²) in [6.07, 6.45) is 3.84. The van der Waals surface area contributed by atoms with Gasteiger partial charge in [-0.3, -0.25) is 9.79 Å². The number of amides is 1. The first-order chi connectivity index (χ1) is 9.58. The fourth-order valence-corrected chi connectivity index (χ4v) is 1.68. The monoisotopic (exact) mass is 272 g/mol. The van der Waals surface area contributed by atoms with Crippen molar-refractivity contribution < 1.29 is 4.79 Å². The maximum absolute atomic E-state index is 10.3. The summed E-state index contributed by atoms with van der Waals surface area (Å²) in [4.78, 5) is 14.8. The molecule has 1 unspecified atom stereocenters. The van der Waals surface area contributed by atoms with Crippen molar-refractivity contribution in [1.29, 1.82) is 0 Å². The minimum absolute atomic E-state index is 0.509. The molecule has 0 saturated heterocycles. The molecular formula is C17H24N2O. The second kappa shape index (κ2) is 8.31. The lowest BCUT2D eigenvalue weighted by atomic mass is 10.0. The summed E-state index contributed by atoms with van der Waals surface area (Å²) >= 11 is 0. The first kappa shape index (κ1) is 16.2. The average Bonchev–Trinajstić information content (AvgIpc) is 2.49. The largest absolute Gasteiger partial charge is 0.355 e. The van der Waals surface area contributed by atoms with Crippen LogP contribution in [0.1, 0.15) is 45.2 Å². The van der Waals surface area contributed by atoms with Crippen LogP contribution >= 0.6 is 0 Å². The van der Waals surface area contributed by atoms with Crippen LogP contribution in [0.5, 0.6) is 0 Å². The van der Waals surface area contributed by atoms with Crippen LogP contribution in [0.2, 0.25) is 0 Å². The third-order valence-corrected chi connectivity index (χ3v) is 3.49. The van der Waals surface area contributed by atoms with Crippen LogP contribution in [-0.2, 0) is 11.3 Å². The molecule has 1 amide bonds. The van der Waals surface area contributed by atoms with Crippen molar-refractivity contribution in [2.45, 2.75) is 40.7 Å². The Labute approximate surface area is 121 Å². The number of benzene rings is 1. The number of carbonyl (C=O) groups is 1. The Morgan fingerprint density at radius 2 is 1.95 bits per heavy atom. The van der Waals surface area contributed by atoms with Gasteiger partial charge in [-0.2, -0.15) is 0 Å². The number of hydrogen-bond acceptors (Lipinski definition) is 2. The SMILES string of the molecule is CCC(C)C=N/C(C)=C(\C)c1ccc(CNC=O)cc1. The summed E-state index contributed by atoms with van der Waals surface area (Å²) in [5.74, 6) is 0.509. The summed E-state index contributed by atoms with van der Waals surface area (Å²) < 4.78 is 0. The molecule has 1 N–H and O–H groups in total. The molecule has 0 aliphatic heterocycles. The number of nitrogens with zero attached hydrogens (tertiary/aromatic N) is 1. The number of nitrogens with one attached hydrogen (secondary N) is 1. The lowest BCUT2D eigenvalue weighted by molar-refractivity contribution is -0.109. The first-order valence-electron chi connectivity index (χ1n) is 7.06. The van der Waals surface area contributed by atoms with Crippen molar-refractivity contribution in [3.05, 3.63) is 41.1 Å². The van der Waals surface area contributed by atoms with Gasteiger partial charge in [0.2, 0.25) is 6.41 Å². The van der Waals surface area contributed by atoms with E-state index in [4.69, 9.17) is 0 Å². The Hall–Kier alpha value is -1.90. The maximum Gasteiger partial charge on any atom is 0.207 e. The van der Waals surface area contributed by atoms with Crippen molar-refractivity contribution >= 4 is 18.2 Å². The van der Waals surface area contributed by atoms with E-state index in [1.54, 1.807) is 0 Å². The summed E-state index contributed by atoms with van der Waals surface area (Å²) in [5.41, 5.74) is 4.48. The van der Waals surface area contributed by atoms with Crippen LogP contribution in [0.25, 0.3) is 5.57 Å². The molecular weight excluding hydrogens is 248 g/mol. The molecule has 0 aromatic heterocycles. The Bertz CT molecular complexity index is 486. The molecule has 3 heteroatoms. The zero-order valence-electron chi connectivity index (χ0n) is 12.8. The van der Waals surface area contributed by atoms with Crippen molar-refractivity contribution in [2.24, 2.45) is 10.9 Å². The molecule has 0 spiro atoms. The van der Waals surface area contributed by atoms with Gasteiger partial charge < -0.3 is 5.32 Å². The van der Waals surface area contributed by atoms with Crippen LogP contribution in [0.3, 0.4) is 0 Å². The van der Waals surface area contributed by atoms with Crippen molar-refractivity contribution in [2.75, 3.05) is 0 Å². The van der Waals surface area contributed by atoms with Crippen LogP contribution in [0, 0.1) is 5.92 Å². The van der Waals surface area contributed by atoms with E-state index in [-0.39, 0.29) is 0 Å². The van der Waals surface area contributed by atoms with Crippen molar-refractivity contribution in [3.8, 4) is 0 Å². The summed E-state index contributed by atoms with van der Waals surface area (Å²) in [6, 6.07) is 8.20. The van der Waals surface area contributed by atoms with Gasteiger partial charge >= 0.3 is 0 Å². The Kier molecular flexibility index (Phi) is 6.71. The molecule has 1 aromatic rings. The molecule has 0 saturated carbocycles. The third-order valence-electron chi connectivity index (χ3n) is 3.49. The zero-order valence-corrected chi connectivity index (χ0v) is 12.8. The third kappa shape index (κ3) is 5.00. The van der Waals surface area contributed by atoms with E-state index in [9.17, 15) is 4.79 Å². The van der Waals surface area contributed by atoms with Gasteiger partial charge in [-0.05, 0) is 42.9 Å². The zero-order chi connectivity index (χ0) is 15.0. The molecule has 1 rings (SSSR count). The number of rotatable bonds is 7. The second-order valence-corrected chi connectivity index (χ2v) is 5.07. The predicted molar refractivity (Wildman–Crippen MR) is 85.6 cm³/mol. The molecule has 1 atom stereocenters. The maximum atomic E-state index is 10.3. The molecule has 0 bridgehead atoms. The predicted octanol–water partition coefficient (Wildman–Crippen LogP) is 3.80. The van der Waals surface area contributed by atoms with Gasteiger partial charge in [0.15, 0.2) is 0 Å². The quantitative estimate of drug-likeness (QED) is 0.595. The van der Waals surface area contributed by atoms with Gasteiger partial charge in [0.05, 0.1) is 0 Å². The first-order valence-corrected chi connectivity index (χ1v) is 7.06. The Morgan fingerprint density at radius 3 is 2.50 bits per heavy atom. The molecule has 0 heterocycles. The van der Waals surface area contributed by atoms with E-state index in [1.165, 1.54) is 11.1 Å². The number of aliphatic imine (C=N–C) groups is 1. The fourth-order valence-electron chi connectivity index (χ4n) is 1.68. The van der Waals surface area contributed by atoms with Crippen LogP contribution < -0.4 is 5.32 Å². The Balaban J connectivity index is 2.82. The molecule has 0 radical (unpaired) electrons. The van der Waals surface area contributed by atoms with E-state index < -0.39 is 0 Å². The normalized spacial score (nSPS) is 14.0. The highest BCUT2D eigenvalue weighted by atomic mass is 16.1. The number of allylic oxidation sites excluding steroid dienone is 2. The molecule has 0 fully saturated rings. The highest BCUT2D eigenvalue weighted by Crippen LogP contribution is 2.19. The van der Waals surface area contributed by atoms with Gasteiger partial charge in [0.25, 0.3) is 0 Å². The van der Waals surface area contributed by atoms with Gasteiger partial charge in [-0.1, -0.05) is 38.1 Å². The highest BCUT2D eigenvalue weighted by Gasteiger charge is 2.01. The topological polar surface area (TPSA) is 41.5 Å². The second-order valence-electron chi connectivity index (χ2n) is 5.07. The molecule has 20 heavy (non-hydrogen) atoms. The lowest BCUT2D eigenvalue weighted by Gasteiger charge is -2.07. The van der Waals surface area contributed by atoms with E-state index in [1.807, 2.05) is 25.3 Å². The van der Waals surface area contributed by atoms with Crippen LogP contribution in [-0.4, -0.2) is 12.6 Å². The van der Waals surface area contributed by atoms with Crippen molar-refractivity contribution in [1.82, 2.24) is 5.32 Å². The van der Waals surface area contributed by atoms with Gasteiger partial charge in [-0.25, -0.2) is 0 Å². The van der Waals surface area contributed by atoms with Gasteiger partial charge in [0, 0.05) is 18.5 Å². The Morgan fingerprint density at radius 1 is 1.30 bits per heavy atom. The fraction of sp³-hybridized carbons (Fsp3) is 0.412. The minimum atomic E-state index is 0.509. The number of carbonyl (C=O) groups excluding carboxylic acids is 1. The summed E-state index contributed by atoms with van der Waals surface area (Å²) in [5, 5.41) is 2.66.